The van der Waals surface area contributed by atoms with E-state index >= 15 is 0 Å². The highest BCUT2D eigenvalue weighted by Gasteiger charge is 2.14. The van der Waals surface area contributed by atoms with Crippen molar-refractivity contribution in [3.05, 3.63) is 95.8 Å². The topological polar surface area (TPSA) is 39.2 Å². The number of aldehydes is 1. The molecule has 23 heavy (non-hydrogen) atoms. The molecule has 0 saturated heterocycles. The first-order chi connectivity index (χ1) is 11.4. The molecule has 114 valence electrons. The molecule has 3 heteroatoms. The van der Waals surface area contributed by atoms with Gasteiger partial charge in [0.25, 0.3) is 0 Å². The molecular formula is C20H17NO2. The molecule has 0 amide bonds. The fourth-order valence-corrected chi connectivity index (χ4v) is 2.39. The van der Waals surface area contributed by atoms with Crippen LogP contribution in [-0.2, 0) is 11.4 Å². The van der Waals surface area contributed by atoms with E-state index in [1.165, 1.54) is 0 Å². The lowest BCUT2D eigenvalue weighted by molar-refractivity contribution is -0.108. The van der Waals surface area contributed by atoms with Gasteiger partial charge in [0.2, 0.25) is 0 Å². The van der Waals surface area contributed by atoms with Crippen LogP contribution >= 0.6 is 0 Å². The third-order valence-corrected chi connectivity index (χ3v) is 3.63. The molecule has 3 rings (SSSR count). The highest BCUT2D eigenvalue weighted by molar-refractivity contribution is 5.67. The number of nitrogens with zero attached hydrogens (tertiary/aromatic N) is 1. The Morgan fingerprint density at radius 2 is 1.65 bits per heavy atom. The van der Waals surface area contributed by atoms with Crippen LogP contribution in [0.4, 0.5) is 0 Å². The monoisotopic (exact) mass is 303 g/mol. The van der Waals surface area contributed by atoms with Crippen LogP contribution in [0.2, 0.25) is 0 Å². The fourth-order valence-electron chi connectivity index (χ4n) is 2.39. The van der Waals surface area contributed by atoms with E-state index in [9.17, 15) is 4.79 Å². The summed E-state index contributed by atoms with van der Waals surface area (Å²) in [5, 5.41) is 0. The van der Waals surface area contributed by atoms with Crippen molar-refractivity contribution in [1.82, 2.24) is 4.98 Å². The van der Waals surface area contributed by atoms with Crippen molar-refractivity contribution in [2.24, 2.45) is 0 Å². The molecular weight excluding hydrogens is 286 g/mol. The molecule has 1 atom stereocenters. The van der Waals surface area contributed by atoms with Crippen LogP contribution in [0.25, 0.3) is 0 Å². The van der Waals surface area contributed by atoms with Gasteiger partial charge in [-0.3, -0.25) is 4.98 Å². The number of benzene rings is 2. The molecule has 0 fully saturated rings. The average Bonchev–Trinajstić information content (AvgIpc) is 2.63. The second-order valence-corrected chi connectivity index (χ2v) is 5.21. The Balaban J connectivity index is 1.70. The molecule has 2 aromatic carbocycles. The smallest absolute Gasteiger partial charge is 0.133 e. The van der Waals surface area contributed by atoms with Gasteiger partial charge in [-0.25, -0.2) is 0 Å². The van der Waals surface area contributed by atoms with Gasteiger partial charge in [0.05, 0.1) is 11.6 Å². The molecule has 3 aromatic rings. The molecule has 3 nitrogen and oxygen atoms in total. The number of carbonyl (C=O) groups excluding carboxylic acids is 1. The summed E-state index contributed by atoms with van der Waals surface area (Å²) in [6, 6.07) is 23.2. The summed E-state index contributed by atoms with van der Waals surface area (Å²) in [6.07, 6.45) is 2.62. The van der Waals surface area contributed by atoms with Crippen LogP contribution in [0.15, 0.2) is 79.0 Å². The first-order valence-corrected chi connectivity index (χ1v) is 7.50. The maximum absolute atomic E-state index is 11.4. The van der Waals surface area contributed by atoms with E-state index in [1.54, 1.807) is 6.20 Å². The number of hydrogen-bond donors (Lipinski definition) is 0. The van der Waals surface area contributed by atoms with Crippen LogP contribution in [-0.4, -0.2) is 11.3 Å². The number of aromatic nitrogens is 1. The van der Waals surface area contributed by atoms with E-state index in [1.807, 2.05) is 72.8 Å². The molecule has 1 heterocycles. The zero-order chi connectivity index (χ0) is 15.9. The molecule has 0 spiro atoms. The predicted molar refractivity (Wildman–Crippen MR) is 89.4 cm³/mol. The Morgan fingerprint density at radius 3 is 2.30 bits per heavy atom. The zero-order valence-electron chi connectivity index (χ0n) is 12.6. The molecule has 0 saturated carbocycles. The summed E-state index contributed by atoms with van der Waals surface area (Å²) < 4.78 is 5.76. The summed E-state index contributed by atoms with van der Waals surface area (Å²) in [5.74, 6) is 0.433. The molecule has 0 aliphatic rings. The van der Waals surface area contributed by atoms with Gasteiger partial charge in [-0.05, 0) is 35.4 Å². The standard InChI is InChI=1S/C20H17NO2/c22-14-19(20-8-4-5-13-21-20)17-9-11-18(12-10-17)23-15-16-6-2-1-3-7-16/h1-14,19H,15H2. The van der Waals surface area contributed by atoms with Crippen molar-refractivity contribution in [3.8, 4) is 5.75 Å². The number of pyridine rings is 1. The number of hydrogen-bond acceptors (Lipinski definition) is 3. The third kappa shape index (κ3) is 3.83. The van der Waals surface area contributed by atoms with Gasteiger partial charge in [0.1, 0.15) is 18.6 Å². The molecule has 0 radical (unpaired) electrons. The molecule has 0 aliphatic carbocycles. The van der Waals surface area contributed by atoms with Crippen molar-refractivity contribution < 1.29 is 9.53 Å². The first-order valence-electron chi connectivity index (χ1n) is 7.50. The van der Waals surface area contributed by atoms with E-state index in [0.717, 1.165) is 28.9 Å². The van der Waals surface area contributed by atoms with Crippen molar-refractivity contribution in [1.29, 1.82) is 0 Å². The third-order valence-electron chi connectivity index (χ3n) is 3.63. The summed E-state index contributed by atoms with van der Waals surface area (Å²) in [4.78, 5) is 15.7. The minimum Gasteiger partial charge on any atom is -0.489 e. The van der Waals surface area contributed by atoms with Crippen LogP contribution in [0.1, 0.15) is 22.7 Å². The Morgan fingerprint density at radius 1 is 0.913 bits per heavy atom. The van der Waals surface area contributed by atoms with Crippen LogP contribution < -0.4 is 4.74 Å². The first kappa shape index (κ1) is 15.0. The van der Waals surface area contributed by atoms with Crippen molar-refractivity contribution in [2.75, 3.05) is 0 Å². The van der Waals surface area contributed by atoms with Crippen LogP contribution in [0, 0.1) is 0 Å². The molecule has 0 aliphatic heterocycles. The fraction of sp³-hybridized carbons (Fsp3) is 0.100. The lowest BCUT2D eigenvalue weighted by Gasteiger charge is -2.11. The minimum atomic E-state index is -0.348. The SMILES string of the molecule is O=CC(c1ccc(OCc2ccccc2)cc1)c1ccccn1. The quantitative estimate of drug-likeness (QED) is 0.646. The normalized spacial score (nSPS) is 11.7. The zero-order valence-corrected chi connectivity index (χ0v) is 12.6. The summed E-state index contributed by atoms with van der Waals surface area (Å²) in [6.45, 7) is 0.525. The Labute approximate surface area is 135 Å². The Hall–Kier alpha value is -2.94. The summed E-state index contributed by atoms with van der Waals surface area (Å²) >= 11 is 0. The van der Waals surface area contributed by atoms with E-state index in [0.29, 0.717) is 6.61 Å². The molecule has 0 bridgehead atoms. The van der Waals surface area contributed by atoms with Crippen molar-refractivity contribution in [3.63, 3.8) is 0 Å². The van der Waals surface area contributed by atoms with Gasteiger partial charge in [-0.1, -0.05) is 48.5 Å². The highest BCUT2D eigenvalue weighted by atomic mass is 16.5. The second-order valence-electron chi connectivity index (χ2n) is 5.21. The lowest BCUT2D eigenvalue weighted by atomic mass is 9.97. The van der Waals surface area contributed by atoms with E-state index < -0.39 is 0 Å². The van der Waals surface area contributed by atoms with Gasteiger partial charge in [0.15, 0.2) is 0 Å². The number of ether oxygens (including phenoxy) is 1. The Bertz CT molecular complexity index is 740. The van der Waals surface area contributed by atoms with E-state index in [2.05, 4.69) is 4.98 Å². The van der Waals surface area contributed by atoms with Gasteiger partial charge in [0, 0.05) is 6.20 Å². The second kappa shape index (κ2) is 7.36. The van der Waals surface area contributed by atoms with Crippen LogP contribution in [0.3, 0.4) is 0 Å². The Kier molecular flexibility index (Phi) is 4.79. The lowest BCUT2D eigenvalue weighted by Crippen LogP contribution is -2.04. The average molecular weight is 303 g/mol. The maximum atomic E-state index is 11.4. The van der Waals surface area contributed by atoms with Gasteiger partial charge in [-0.15, -0.1) is 0 Å². The largest absolute Gasteiger partial charge is 0.489 e. The van der Waals surface area contributed by atoms with Gasteiger partial charge < -0.3 is 9.53 Å². The van der Waals surface area contributed by atoms with Gasteiger partial charge >= 0.3 is 0 Å². The van der Waals surface area contributed by atoms with Crippen molar-refractivity contribution in [2.45, 2.75) is 12.5 Å². The van der Waals surface area contributed by atoms with Gasteiger partial charge in [-0.2, -0.15) is 0 Å². The highest BCUT2D eigenvalue weighted by Crippen LogP contribution is 2.23. The molecule has 0 N–H and O–H groups in total. The summed E-state index contributed by atoms with van der Waals surface area (Å²) in [5.41, 5.74) is 2.78. The van der Waals surface area contributed by atoms with E-state index in [-0.39, 0.29) is 5.92 Å². The van der Waals surface area contributed by atoms with Crippen molar-refractivity contribution >= 4 is 6.29 Å². The summed E-state index contributed by atoms with van der Waals surface area (Å²) in [7, 11) is 0. The number of carbonyl (C=O) groups is 1. The number of rotatable bonds is 6. The maximum Gasteiger partial charge on any atom is 0.133 e. The van der Waals surface area contributed by atoms with E-state index in [4.69, 9.17) is 4.74 Å². The van der Waals surface area contributed by atoms with Crippen LogP contribution in [0.5, 0.6) is 5.75 Å². The molecule has 1 unspecified atom stereocenters. The predicted octanol–water partition coefficient (Wildman–Crippen LogP) is 3.99. The minimum absolute atomic E-state index is 0.348. The molecule has 1 aromatic heterocycles.